The van der Waals surface area contributed by atoms with Crippen LogP contribution < -0.4 is 0 Å². The van der Waals surface area contributed by atoms with Crippen LogP contribution in [0.2, 0.25) is 0 Å². The maximum atomic E-state index is 4.59. The minimum atomic E-state index is 0. The van der Waals surface area contributed by atoms with Gasteiger partial charge in [0.15, 0.2) is 0 Å². The summed E-state index contributed by atoms with van der Waals surface area (Å²) in [5.41, 5.74) is 7.15. The molecule has 0 spiro atoms. The Morgan fingerprint density at radius 2 is 0.600 bits per heavy atom. The van der Waals surface area contributed by atoms with Gasteiger partial charge in [-0.3, -0.25) is 0 Å². The van der Waals surface area contributed by atoms with Crippen LogP contribution >= 0.6 is 0 Å². The van der Waals surface area contributed by atoms with Crippen LogP contribution in [0.4, 0.5) is 0 Å². The predicted octanol–water partition coefficient (Wildman–Crippen LogP) is 2.66. The molecule has 0 saturated heterocycles. The van der Waals surface area contributed by atoms with E-state index in [0.717, 1.165) is 45.6 Å². The van der Waals surface area contributed by atoms with Crippen molar-refractivity contribution in [3.8, 4) is 0 Å². The van der Waals surface area contributed by atoms with Gasteiger partial charge in [0.25, 0.3) is 0 Å². The summed E-state index contributed by atoms with van der Waals surface area (Å²) in [6.45, 7) is 0. The van der Waals surface area contributed by atoms with Crippen molar-refractivity contribution in [1.29, 1.82) is 0 Å². The maximum absolute atomic E-state index is 4.59. The summed E-state index contributed by atoms with van der Waals surface area (Å²) in [5.74, 6) is 0. The molecule has 25 heavy (non-hydrogen) atoms. The van der Waals surface area contributed by atoms with E-state index in [9.17, 15) is 0 Å². The molecule has 118 valence electrons. The van der Waals surface area contributed by atoms with Gasteiger partial charge in [0.05, 0.1) is 45.6 Å². The van der Waals surface area contributed by atoms with E-state index < -0.39 is 0 Å². The Labute approximate surface area is 162 Å². The van der Waals surface area contributed by atoms with E-state index >= 15 is 0 Å². The van der Waals surface area contributed by atoms with Crippen molar-refractivity contribution >= 4 is 46.8 Å². The Morgan fingerprint density at radius 1 is 0.360 bits per heavy atom. The Kier molecular flexibility index (Phi) is 4.05. The second kappa shape index (κ2) is 6.37. The molecule has 5 aliphatic heterocycles. The third kappa shape index (κ3) is 3.30. The number of allylic oxidation sites excluding steroid dienone is 12. The number of nitrogens with zero attached hydrogens (tertiary/aromatic N) is 4. The quantitative estimate of drug-likeness (QED) is 0.532. The minimum absolute atomic E-state index is 0. The third-order valence-electron chi connectivity index (χ3n) is 3.92. The fourth-order valence-corrected chi connectivity index (χ4v) is 2.83. The molecule has 0 aromatic carbocycles. The van der Waals surface area contributed by atoms with Crippen LogP contribution in [0.3, 0.4) is 0 Å². The molecule has 0 aliphatic carbocycles. The average molecular weight is 429 g/mol. The summed E-state index contributed by atoms with van der Waals surface area (Å²) in [5, 5.41) is 0. The average Bonchev–Trinajstić information content (AvgIpc) is 3.32. The monoisotopic (exact) mass is 430 g/mol. The van der Waals surface area contributed by atoms with Crippen LogP contribution in [0, 0.1) is 0 Å². The van der Waals surface area contributed by atoms with Gasteiger partial charge < -0.3 is 0 Å². The Balaban J connectivity index is 0.00000157. The Morgan fingerprint density at radius 3 is 0.840 bits per heavy atom. The van der Waals surface area contributed by atoms with Crippen LogP contribution in [0.25, 0.3) is 0 Å². The van der Waals surface area contributed by atoms with Gasteiger partial charge in [-0.2, -0.15) is 0 Å². The van der Waals surface area contributed by atoms with Gasteiger partial charge in [-0.25, -0.2) is 20.0 Å². The van der Waals surface area contributed by atoms with Gasteiger partial charge in [0, 0.05) is 0 Å². The number of hydrogen-bond acceptors (Lipinski definition) is 4. The van der Waals surface area contributed by atoms with Crippen molar-refractivity contribution in [1.82, 2.24) is 0 Å². The van der Waals surface area contributed by atoms with E-state index in [1.165, 1.54) is 0 Å². The molecule has 0 unspecified atom stereocenters. The molecule has 0 fully saturated rings. The van der Waals surface area contributed by atoms with Crippen molar-refractivity contribution in [2.45, 2.75) is 0 Å². The molecule has 0 aromatic rings. The number of fused-ring (bicyclic) bond motifs is 4. The number of aliphatic imine (C=N–C) groups is 4. The van der Waals surface area contributed by atoms with Crippen molar-refractivity contribution in [3.05, 3.63) is 95.7 Å². The van der Waals surface area contributed by atoms with Crippen molar-refractivity contribution in [2.24, 2.45) is 20.0 Å². The first-order valence-corrected chi connectivity index (χ1v) is 7.74. The zero-order valence-corrected chi connectivity index (χ0v) is 17.5. The van der Waals surface area contributed by atoms with Gasteiger partial charge >= 0.3 is 23.9 Å². The van der Waals surface area contributed by atoms with E-state index in [1.54, 1.807) is 0 Å². The number of hydrogen-bond donors (Lipinski definition) is 0. The summed E-state index contributed by atoms with van der Waals surface area (Å²) in [6, 6.07) is 0. The van der Waals surface area contributed by atoms with Gasteiger partial charge in [-0.1, -0.05) is 0 Å². The summed E-state index contributed by atoms with van der Waals surface area (Å²) in [7, 11) is 0. The molecule has 5 rings (SSSR count). The van der Waals surface area contributed by atoms with E-state index in [2.05, 4.69) is 20.0 Å². The molecule has 2 radical (unpaired) electrons. The molecule has 4 nitrogen and oxygen atoms in total. The summed E-state index contributed by atoms with van der Waals surface area (Å²) in [6.07, 6.45) is 23.8. The second-order valence-corrected chi connectivity index (χ2v) is 5.76. The van der Waals surface area contributed by atoms with E-state index in [1.807, 2.05) is 72.9 Å². The topological polar surface area (TPSA) is 49.4 Å². The van der Waals surface area contributed by atoms with Crippen molar-refractivity contribution in [2.75, 3.05) is 0 Å². The fourth-order valence-electron chi connectivity index (χ4n) is 2.83. The van der Waals surface area contributed by atoms with Crippen molar-refractivity contribution in [3.63, 3.8) is 0 Å². The second-order valence-electron chi connectivity index (χ2n) is 5.76. The molecular formula is C20H14N4Sn. The van der Waals surface area contributed by atoms with Crippen molar-refractivity contribution < 1.29 is 0 Å². The molecule has 0 atom stereocenters. The van der Waals surface area contributed by atoms with E-state index in [0.29, 0.717) is 0 Å². The molecule has 0 saturated carbocycles. The Hall–Kier alpha value is -2.60. The van der Waals surface area contributed by atoms with E-state index in [4.69, 9.17) is 0 Å². The van der Waals surface area contributed by atoms with Gasteiger partial charge in [-0.05, 0) is 72.9 Å². The van der Waals surface area contributed by atoms with Crippen LogP contribution in [0.5, 0.6) is 0 Å². The first-order valence-electron chi connectivity index (χ1n) is 7.74. The zero-order chi connectivity index (χ0) is 15.9. The molecular weight excluding hydrogens is 415 g/mol. The zero-order valence-electron chi connectivity index (χ0n) is 13.4. The van der Waals surface area contributed by atoms with Crippen LogP contribution in [-0.2, 0) is 0 Å². The molecule has 8 bridgehead atoms. The molecule has 5 heteroatoms. The van der Waals surface area contributed by atoms with Crippen LogP contribution in [-0.4, -0.2) is 46.8 Å². The summed E-state index contributed by atoms with van der Waals surface area (Å²) < 4.78 is 0. The van der Waals surface area contributed by atoms with Crippen LogP contribution in [0.1, 0.15) is 0 Å². The summed E-state index contributed by atoms with van der Waals surface area (Å²) in [4.78, 5) is 18.4. The predicted molar refractivity (Wildman–Crippen MR) is 107 cm³/mol. The molecule has 5 heterocycles. The van der Waals surface area contributed by atoms with Crippen LogP contribution in [0.15, 0.2) is 116 Å². The number of rotatable bonds is 0. The van der Waals surface area contributed by atoms with Gasteiger partial charge in [0.2, 0.25) is 0 Å². The third-order valence-corrected chi connectivity index (χ3v) is 3.92. The first kappa shape index (κ1) is 15.9. The van der Waals surface area contributed by atoms with Gasteiger partial charge in [0.1, 0.15) is 0 Å². The van der Waals surface area contributed by atoms with Gasteiger partial charge in [-0.15, -0.1) is 0 Å². The standard InChI is InChI=1S/C20H12N4.Sn.2H/c1-2-14-10-16-5-6-18(23-16)12-20-8-7-19(24-20)11-17-4-3-15(22-17)9-13(1)21-14;;;/h1-12H;;;. The molecule has 0 aromatic heterocycles. The molecule has 0 N–H and O–H groups in total. The van der Waals surface area contributed by atoms with E-state index in [-0.39, 0.29) is 23.9 Å². The fraction of sp³-hybridized carbons (Fsp3) is 0. The Bertz CT molecular complexity index is 848. The SMILES string of the molecule is C1=CC2=NC1=CC1=NC(=CC3=NC(=CC4=NC(=C2)C=C4)C=C3)C=C1.[SnH2]. The summed E-state index contributed by atoms with van der Waals surface area (Å²) >= 11 is 0. The first-order chi connectivity index (χ1) is 11.8. The normalized spacial score (nSPS) is 21.8. The molecule has 0 amide bonds. The molecule has 5 aliphatic rings.